The van der Waals surface area contributed by atoms with Crippen molar-refractivity contribution in [1.82, 2.24) is 0 Å². The van der Waals surface area contributed by atoms with Gasteiger partial charge in [0, 0.05) is 12.8 Å². The number of fused-ring (bicyclic) bond motifs is 2. The van der Waals surface area contributed by atoms with Crippen LogP contribution in [0.2, 0.25) is 0 Å². The molecule has 4 nitrogen and oxygen atoms in total. The van der Waals surface area contributed by atoms with Gasteiger partial charge in [-0.2, -0.15) is 0 Å². The van der Waals surface area contributed by atoms with E-state index in [2.05, 4.69) is 26.2 Å². The Morgan fingerprint density at radius 3 is 1.68 bits per heavy atom. The summed E-state index contributed by atoms with van der Waals surface area (Å²) < 4.78 is 6.87. The van der Waals surface area contributed by atoms with Crippen LogP contribution in [0, 0.1) is 13.8 Å². The summed E-state index contributed by atoms with van der Waals surface area (Å²) >= 11 is 0. The molecule has 2 aromatic carbocycles. The maximum atomic E-state index is 13.4. The maximum Gasteiger partial charge on any atom is 0.347 e. The van der Waals surface area contributed by atoms with Crippen molar-refractivity contribution in [2.75, 3.05) is 14.1 Å². The molecule has 2 aliphatic heterocycles. The van der Waals surface area contributed by atoms with E-state index >= 15 is 0 Å². The minimum Gasteiger partial charge on any atom is -1.00 e. The Morgan fingerprint density at radius 2 is 1.29 bits per heavy atom. The first-order chi connectivity index (χ1) is 13.7. The predicted molar refractivity (Wildman–Crippen MR) is 120 cm³/mol. The van der Waals surface area contributed by atoms with Gasteiger partial charge in [0.2, 0.25) is 5.60 Å². The van der Waals surface area contributed by atoms with Crippen LogP contribution in [-0.4, -0.2) is 47.8 Å². The fourth-order valence-electron chi connectivity index (χ4n) is 4.61. The number of halogens is 1. The molecule has 0 spiro atoms. The second-order valence-electron chi connectivity index (χ2n) is 9.09. The van der Waals surface area contributed by atoms with Gasteiger partial charge < -0.3 is 31.3 Å². The summed E-state index contributed by atoms with van der Waals surface area (Å²) in [6.07, 6.45) is 5.85. The van der Waals surface area contributed by atoms with Gasteiger partial charge in [-0.25, -0.2) is 4.79 Å². The number of piperidine rings is 1. The molecule has 1 fully saturated rings. The van der Waals surface area contributed by atoms with E-state index in [1.807, 2.05) is 62.4 Å². The lowest BCUT2D eigenvalue weighted by molar-refractivity contribution is -0.926. The summed E-state index contributed by atoms with van der Waals surface area (Å²) in [7, 11) is 4.45. The molecule has 2 unspecified atom stereocenters. The van der Waals surface area contributed by atoms with Crippen molar-refractivity contribution >= 4 is 5.97 Å². The van der Waals surface area contributed by atoms with E-state index in [-0.39, 0.29) is 30.5 Å². The molecule has 0 aliphatic carbocycles. The van der Waals surface area contributed by atoms with Crippen LogP contribution in [-0.2, 0) is 15.1 Å². The summed E-state index contributed by atoms with van der Waals surface area (Å²) in [4.78, 5) is 13.4. The zero-order valence-electron chi connectivity index (χ0n) is 18.0. The number of benzene rings is 2. The molecule has 0 saturated carbocycles. The van der Waals surface area contributed by atoms with Gasteiger partial charge in [-0.3, -0.25) is 0 Å². The Labute approximate surface area is 196 Å². The van der Waals surface area contributed by atoms with Crippen molar-refractivity contribution in [3.63, 3.8) is 0 Å². The van der Waals surface area contributed by atoms with Gasteiger partial charge >= 0.3 is 5.97 Å². The number of hydrogen-bond donors (Lipinski definition) is 1. The maximum absolute atomic E-state index is 13.4. The van der Waals surface area contributed by atoms with Gasteiger partial charge in [0.25, 0.3) is 0 Å². The fourth-order valence-corrected chi connectivity index (χ4v) is 4.61. The van der Waals surface area contributed by atoms with Crippen LogP contribution >= 0.6 is 0 Å². The van der Waals surface area contributed by atoms with Crippen LogP contribution in [0.25, 0.3) is 0 Å². The Balaban J connectivity index is 0.00000171. The van der Waals surface area contributed by atoms with Gasteiger partial charge in [-0.1, -0.05) is 67.1 Å². The normalized spacial score (nSPS) is 23.5. The Kier molecular flexibility index (Phi) is 7.57. The van der Waals surface area contributed by atoms with Crippen molar-refractivity contribution in [1.29, 1.82) is 0 Å². The number of quaternary nitrogens is 1. The van der Waals surface area contributed by atoms with Crippen molar-refractivity contribution < 1.29 is 36.1 Å². The minimum absolute atomic E-state index is 0. The van der Waals surface area contributed by atoms with Crippen LogP contribution in [0.15, 0.2) is 60.7 Å². The molecule has 0 aromatic heterocycles. The van der Waals surface area contributed by atoms with E-state index in [0.717, 1.165) is 28.5 Å². The molecule has 3 atom stereocenters. The molecule has 1 saturated heterocycles. The molecule has 168 valence electrons. The monoisotopic (exact) mass is 487 g/mol. The predicted octanol–water partition coefficient (Wildman–Crippen LogP) is 1.27. The second-order valence-corrected chi connectivity index (χ2v) is 9.09. The molecule has 31 heavy (non-hydrogen) atoms. The lowest BCUT2D eigenvalue weighted by atomic mass is 9.85. The Bertz CT molecular complexity index is 871. The van der Waals surface area contributed by atoms with Crippen LogP contribution in [0.5, 0.6) is 0 Å². The number of nitrogens with zero attached hydrogens (tertiary/aromatic N) is 1. The molecule has 4 rings (SSSR count). The molecular formula is C26H34BrNO3. The van der Waals surface area contributed by atoms with E-state index in [1.54, 1.807) is 0 Å². The summed E-state index contributed by atoms with van der Waals surface area (Å²) in [5, 5.41) is 11.7. The molecule has 2 aromatic rings. The third kappa shape index (κ3) is 4.50. The van der Waals surface area contributed by atoms with E-state index in [0.29, 0.717) is 23.2 Å². The summed E-state index contributed by atoms with van der Waals surface area (Å²) in [5.41, 5.74) is 1.39. The first-order valence-electron chi connectivity index (χ1n) is 10.3. The van der Waals surface area contributed by atoms with Crippen LogP contribution in [0.4, 0.5) is 0 Å². The molecule has 2 bridgehead atoms. The number of ether oxygens (including phenoxy) is 1. The topological polar surface area (TPSA) is 46.5 Å². The minimum atomic E-state index is -1.82. The van der Waals surface area contributed by atoms with Crippen molar-refractivity contribution in [3.8, 4) is 0 Å². The molecule has 2 aliphatic rings. The SMILES string of the molecule is C.Cc1ccc(C(O)(C(=O)OC2CC3C=C[C@H](C2)[N+]3(C)C)c2ccc(C)cc2)cc1.[Br-]. The molecule has 2 heterocycles. The summed E-state index contributed by atoms with van der Waals surface area (Å²) in [5.74, 6) is -0.596. The highest BCUT2D eigenvalue weighted by atomic mass is 79.9. The molecule has 0 amide bonds. The molecule has 1 N–H and O–H groups in total. The highest BCUT2D eigenvalue weighted by molar-refractivity contribution is 5.85. The van der Waals surface area contributed by atoms with Gasteiger partial charge in [-0.05, 0) is 37.1 Å². The van der Waals surface area contributed by atoms with E-state index in [9.17, 15) is 9.90 Å². The number of carbonyl (C=O) groups is 1. The number of rotatable bonds is 4. The average molecular weight is 488 g/mol. The zero-order chi connectivity index (χ0) is 20.8. The average Bonchev–Trinajstić information content (AvgIpc) is 2.85. The highest BCUT2D eigenvalue weighted by Gasteiger charge is 2.49. The second kappa shape index (κ2) is 9.27. The van der Waals surface area contributed by atoms with Gasteiger partial charge in [-0.15, -0.1) is 0 Å². The van der Waals surface area contributed by atoms with E-state index in [1.165, 1.54) is 0 Å². The lowest BCUT2D eigenvalue weighted by Gasteiger charge is -2.44. The van der Waals surface area contributed by atoms with Gasteiger partial charge in [0.1, 0.15) is 18.2 Å². The van der Waals surface area contributed by atoms with Gasteiger partial charge in [0.15, 0.2) is 0 Å². The third-order valence-corrected chi connectivity index (χ3v) is 6.78. The number of aryl methyl sites for hydroxylation is 2. The molecule has 0 radical (unpaired) electrons. The van der Waals surface area contributed by atoms with Crippen LogP contribution < -0.4 is 17.0 Å². The van der Waals surface area contributed by atoms with Crippen molar-refractivity contribution in [3.05, 3.63) is 82.9 Å². The Morgan fingerprint density at radius 1 is 0.903 bits per heavy atom. The summed E-state index contributed by atoms with van der Waals surface area (Å²) in [6.45, 7) is 3.97. The first kappa shape index (κ1) is 25.3. The third-order valence-electron chi connectivity index (χ3n) is 6.78. The van der Waals surface area contributed by atoms with E-state index in [4.69, 9.17) is 4.74 Å². The van der Waals surface area contributed by atoms with Crippen molar-refractivity contribution in [2.24, 2.45) is 0 Å². The number of esters is 1. The van der Waals surface area contributed by atoms with Crippen molar-refractivity contribution in [2.45, 2.75) is 57.9 Å². The highest BCUT2D eigenvalue weighted by Crippen LogP contribution is 2.38. The fraction of sp³-hybridized carbons (Fsp3) is 0.423. The first-order valence-corrected chi connectivity index (χ1v) is 10.3. The standard InChI is InChI=1S/C25H30NO3.CH4.BrH/c1-17-5-9-19(10-6-17)25(28,20-11-7-18(2)8-12-20)24(27)29-23-15-21-13-14-22(16-23)26(21,3)4;;/h5-14,21-23,28H,15-16H2,1-4H3;1H4;1H/q+1;;/p-1/t21-,22?,23?;;/m1../s1. The van der Waals surface area contributed by atoms with Crippen LogP contribution in [0.1, 0.15) is 42.5 Å². The van der Waals surface area contributed by atoms with Gasteiger partial charge in [0.05, 0.1) is 14.1 Å². The molecule has 5 heteroatoms. The number of aliphatic hydroxyl groups is 1. The zero-order valence-corrected chi connectivity index (χ0v) is 19.6. The summed E-state index contributed by atoms with van der Waals surface area (Å²) in [6, 6.07) is 15.6. The number of carbonyl (C=O) groups excluding carboxylic acids is 1. The van der Waals surface area contributed by atoms with E-state index < -0.39 is 11.6 Å². The largest absolute Gasteiger partial charge is 1.00 e. The quantitative estimate of drug-likeness (QED) is 0.401. The lowest BCUT2D eigenvalue weighted by Crippen LogP contribution is -3.00. The smallest absolute Gasteiger partial charge is 0.347 e. The van der Waals surface area contributed by atoms with Crippen LogP contribution in [0.3, 0.4) is 0 Å². The number of likely N-dealkylation sites (N-methyl/N-ethyl adjacent to an activating group) is 1. The number of hydrogen-bond acceptors (Lipinski definition) is 3. The molecular weight excluding hydrogens is 454 g/mol. The Hall–Kier alpha value is -1.95.